The largest absolute Gasteiger partial charge is 0.456 e. The summed E-state index contributed by atoms with van der Waals surface area (Å²) in [5.41, 5.74) is 16.7. The predicted molar refractivity (Wildman–Crippen MR) is 254 cm³/mol. The van der Waals surface area contributed by atoms with Crippen molar-refractivity contribution in [2.24, 2.45) is 0 Å². The van der Waals surface area contributed by atoms with Gasteiger partial charge >= 0.3 is 0 Å². The number of anilines is 3. The number of benzene rings is 10. The maximum absolute atomic E-state index is 6.53. The molecule has 286 valence electrons. The minimum absolute atomic E-state index is 0.583. The summed E-state index contributed by atoms with van der Waals surface area (Å²) in [6.45, 7) is 0. The SMILES string of the molecule is c1ccc(-c2cccc3c2-c2ccc(N(c4ccc(-c5cccc6ccccc56)cc4)c4ccc5c(c4)oc4ccccc45)cc2C3(c2ccccc2)c2ccccc2)cc1. The van der Waals surface area contributed by atoms with Gasteiger partial charge in [0.1, 0.15) is 11.2 Å². The highest BCUT2D eigenvalue weighted by molar-refractivity contribution is 6.06. The number of hydrogen-bond donors (Lipinski definition) is 0. The smallest absolute Gasteiger partial charge is 0.137 e. The van der Waals surface area contributed by atoms with Gasteiger partial charge < -0.3 is 9.32 Å². The van der Waals surface area contributed by atoms with Gasteiger partial charge in [-0.25, -0.2) is 0 Å². The van der Waals surface area contributed by atoms with Crippen LogP contribution in [-0.2, 0) is 5.41 Å². The summed E-state index contributed by atoms with van der Waals surface area (Å²) < 4.78 is 6.53. The van der Waals surface area contributed by atoms with Crippen molar-refractivity contribution in [2.75, 3.05) is 4.90 Å². The maximum atomic E-state index is 6.53. The van der Waals surface area contributed by atoms with E-state index in [0.717, 1.165) is 39.0 Å². The van der Waals surface area contributed by atoms with Gasteiger partial charge in [0.15, 0.2) is 0 Å². The molecule has 0 saturated heterocycles. The molecule has 2 nitrogen and oxygen atoms in total. The molecule has 1 aromatic heterocycles. The van der Waals surface area contributed by atoms with Crippen LogP contribution in [0.25, 0.3) is 66.1 Å². The Morgan fingerprint density at radius 3 is 1.66 bits per heavy atom. The lowest BCUT2D eigenvalue weighted by Gasteiger charge is -2.35. The molecule has 0 amide bonds. The lowest BCUT2D eigenvalue weighted by Crippen LogP contribution is -2.28. The van der Waals surface area contributed by atoms with E-state index in [4.69, 9.17) is 4.42 Å². The van der Waals surface area contributed by atoms with Crippen molar-refractivity contribution in [3.63, 3.8) is 0 Å². The third-order valence-corrected chi connectivity index (χ3v) is 12.7. The highest BCUT2D eigenvalue weighted by Gasteiger charge is 2.47. The van der Waals surface area contributed by atoms with Crippen molar-refractivity contribution in [3.05, 3.63) is 259 Å². The van der Waals surface area contributed by atoms with Crippen LogP contribution < -0.4 is 4.90 Å². The van der Waals surface area contributed by atoms with Crippen LogP contribution in [0, 0.1) is 0 Å². The Morgan fingerprint density at radius 2 is 0.885 bits per heavy atom. The van der Waals surface area contributed by atoms with E-state index in [1.807, 2.05) is 12.1 Å². The van der Waals surface area contributed by atoms with Crippen molar-refractivity contribution in [3.8, 4) is 33.4 Å². The molecule has 0 saturated carbocycles. The molecule has 0 bridgehead atoms. The molecule has 1 heterocycles. The van der Waals surface area contributed by atoms with Crippen LogP contribution in [0.4, 0.5) is 17.1 Å². The Kier molecular flexibility index (Phi) is 8.11. The number of hydrogen-bond acceptors (Lipinski definition) is 2. The molecule has 0 spiro atoms. The van der Waals surface area contributed by atoms with Gasteiger partial charge in [-0.3, -0.25) is 0 Å². The molecule has 10 aromatic carbocycles. The lowest BCUT2D eigenvalue weighted by atomic mass is 9.67. The highest BCUT2D eigenvalue weighted by Crippen LogP contribution is 2.59. The molecule has 1 aliphatic rings. The van der Waals surface area contributed by atoms with Crippen LogP contribution in [0.15, 0.2) is 241 Å². The zero-order chi connectivity index (χ0) is 40.3. The summed E-state index contributed by atoms with van der Waals surface area (Å²) in [4.78, 5) is 2.39. The standard InChI is InChI=1S/C59H39NO/c1-4-16-41(17-5-1)50-27-15-28-54-58(50)53-37-35-46(38-55(53)59(54,43-20-6-2-7-21-43)44-22-8-3-9-23-44)60(47-34-36-52-51-25-12-13-29-56(51)61-57(52)39-47)45-32-30-42(31-33-45)49-26-14-19-40-18-10-11-24-48(40)49/h1-39H. The number of rotatable bonds is 7. The lowest BCUT2D eigenvalue weighted by molar-refractivity contribution is 0.669. The quantitative estimate of drug-likeness (QED) is 0.160. The Balaban J connectivity index is 1.11. The molecule has 61 heavy (non-hydrogen) atoms. The first kappa shape index (κ1) is 35.0. The van der Waals surface area contributed by atoms with Gasteiger partial charge in [-0.05, 0) is 109 Å². The molecule has 0 radical (unpaired) electrons. The van der Waals surface area contributed by atoms with Gasteiger partial charge in [0.25, 0.3) is 0 Å². The van der Waals surface area contributed by atoms with Crippen LogP contribution in [-0.4, -0.2) is 0 Å². The van der Waals surface area contributed by atoms with E-state index in [1.165, 1.54) is 66.4 Å². The molecule has 1 aliphatic carbocycles. The van der Waals surface area contributed by atoms with E-state index in [0.29, 0.717) is 0 Å². The second-order valence-corrected chi connectivity index (χ2v) is 16.0. The van der Waals surface area contributed by atoms with E-state index < -0.39 is 5.41 Å². The fraction of sp³-hybridized carbons (Fsp3) is 0.0169. The van der Waals surface area contributed by atoms with Gasteiger partial charge in [-0.15, -0.1) is 0 Å². The molecule has 0 fully saturated rings. The van der Waals surface area contributed by atoms with Crippen molar-refractivity contribution >= 4 is 49.8 Å². The molecule has 2 heteroatoms. The molecule has 0 N–H and O–H groups in total. The zero-order valence-corrected chi connectivity index (χ0v) is 33.4. The summed E-state index contributed by atoms with van der Waals surface area (Å²) in [5, 5.41) is 4.71. The number of para-hydroxylation sites is 1. The summed E-state index contributed by atoms with van der Waals surface area (Å²) in [7, 11) is 0. The van der Waals surface area contributed by atoms with Crippen LogP contribution in [0.2, 0.25) is 0 Å². The van der Waals surface area contributed by atoms with Crippen LogP contribution in [0.5, 0.6) is 0 Å². The van der Waals surface area contributed by atoms with E-state index >= 15 is 0 Å². The Labute approximate surface area is 355 Å². The summed E-state index contributed by atoms with van der Waals surface area (Å²) in [6.07, 6.45) is 0. The molecular formula is C59H39NO. The van der Waals surface area contributed by atoms with Crippen molar-refractivity contribution in [1.29, 1.82) is 0 Å². The average molecular weight is 778 g/mol. The first-order chi connectivity index (χ1) is 30.3. The summed E-state index contributed by atoms with van der Waals surface area (Å²) in [6, 6.07) is 86.1. The predicted octanol–water partition coefficient (Wildman–Crippen LogP) is 15.9. The van der Waals surface area contributed by atoms with E-state index in [1.54, 1.807) is 0 Å². The number of nitrogens with zero attached hydrogens (tertiary/aromatic N) is 1. The Bertz CT molecular complexity index is 3360. The molecule has 0 aliphatic heterocycles. The van der Waals surface area contributed by atoms with Crippen LogP contribution in [0.3, 0.4) is 0 Å². The minimum Gasteiger partial charge on any atom is -0.456 e. The average Bonchev–Trinajstić information content (AvgIpc) is 3.86. The number of fused-ring (bicyclic) bond motifs is 7. The van der Waals surface area contributed by atoms with Crippen molar-refractivity contribution in [2.45, 2.75) is 5.41 Å². The normalized spacial score (nSPS) is 12.7. The molecule has 0 unspecified atom stereocenters. The fourth-order valence-electron chi connectivity index (χ4n) is 10.1. The van der Waals surface area contributed by atoms with Crippen LogP contribution >= 0.6 is 0 Å². The Morgan fingerprint density at radius 1 is 0.328 bits per heavy atom. The molecule has 11 aromatic rings. The molecule has 0 atom stereocenters. The van der Waals surface area contributed by atoms with E-state index in [2.05, 4.69) is 229 Å². The molecular weight excluding hydrogens is 739 g/mol. The van der Waals surface area contributed by atoms with E-state index in [-0.39, 0.29) is 0 Å². The second kappa shape index (κ2) is 14.1. The summed E-state index contributed by atoms with van der Waals surface area (Å²) >= 11 is 0. The third kappa shape index (κ3) is 5.50. The van der Waals surface area contributed by atoms with Gasteiger partial charge in [-0.2, -0.15) is 0 Å². The second-order valence-electron chi connectivity index (χ2n) is 16.0. The number of furan rings is 1. The maximum Gasteiger partial charge on any atom is 0.137 e. The zero-order valence-electron chi connectivity index (χ0n) is 33.4. The topological polar surface area (TPSA) is 16.4 Å². The van der Waals surface area contributed by atoms with Crippen LogP contribution in [0.1, 0.15) is 22.3 Å². The highest BCUT2D eigenvalue weighted by atomic mass is 16.3. The van der Waals surface area contributed by atoms with Gasteiger partial charge in [0, 0.05) is 33.9 Å². The van der Waals surface area contributed by atoms with Gasteiger partial charge in [0.05, 0.1) is 5.41 Å². The first-order valence-corrected chi connectivity index (χ1v) is 21.0. The van der Waals surface area contributed by atoms with Crippen molar-refractivity contribution < 1.29 is 4.42 Å². The minimum atomic E-state index is -0.583. The van der Waals surface area contributed by atoms with Gasteiger partial charge in [0.2, 0.25) is 0 Å². The third-order valence-electron chi connectivity index (χ3n) is 12.7. The molecule has 12 rings (SSSR count). The monoisotopic (exact) mass is 777 g/mol. The van der Waals surface area contributed by atoms with E-state index in [9.17, 15) is 0 Å². The fourth-order valence-corrected chi connectivity index (χ4v) is 10.1. The Hall–Kier alpha value is -7.94. The van der Waals surface area contributed by atoms with Crippen molar-refractivity contribution in [1.82, 2.24) is 0 Å². The first-order valence-electron chi connectivity index (χ1n) is 21.0. The van der Waals surface area contributed by atoms with Gasteiger partial charge in [-0.1, -0.05) is 188 Å². The summed E-state index contributed by atoms with van der Waals surface area (Å²) in [5.74, 6) is 0.